The minimum absolute atomic E-state index is 0.227. The van der Waals surface area contributed by atoms with Crippen LogP contribution in [0.5, 0.6) is 0 Å². The number of aromatic nitrogens is 2. The highest BCUT2D eigenvalue weighted by molar-refractivity contribution is 9.10. The van der Waals surface area contributed by atoms with Crippen LogP contribution in [0.3, 0.4) is 0 Å². The summed E-state index contributed by atoms with van der Waals surface area (Å²) >= 11 is 5.19. The predicted molar refractivity (Wildman–Crippen MR) is 80.3 cm³/mol. The first-order valence-corrected chi connectivity index (χ1v) is 8.18. The molecule has 2 aromatic rings. The molecule has 1 N–H and O–H groups in total. The van der Waals surface area contributed by atoms with E-state index in [4.69, 9.17) is 4.52 Å². The third-order valence-electron chi connectivity index (χ3n) is 3.38. The molecule has 1 aromatic heterocycles. The van der Waals surface area contributed by atoms with Crippen LogP contribution in [-0.4, -0.2) is 34.7 Å². The Labute approximate surface area is 128 Å². The number of hydrogen-bond donors (Lipinski definition) is 1. The molecule has 1 aliphatic rings. The molecule has 7 heteroatoms. The predicted octanol–water partition coefficient (Wildman–Crippen LogP) is 3.06. The zero-order valence-corrected chi connectivity index (χ0v) is 13.2. The number of nitrogens with zero attached hydrogens (tertiary/aromatic N) is 2. The Morgan fingerprint density at radius 3 is 3.05 bits per heavy atom. The van der Waals surface area contributed by atoms with Crippen molar-refractivity contribution in [3.05, 3.63) is 34.4 Å². The van der Waals surface area contributed by atoms with Gasteiger partial charge in [-0.05, 0) is 41.2 Å². The third kappa shape index (κ3) is 2.62. The van der Waals surface area contributed by atoms with E-state index in [9.17, 15) is 4.39 Å². The number of likely N-dealkylation sites (N-methyl/N-ethyl adjacent to an activating group) is 1. The Kier molecular flexibility index (Phi) is 4.09. The summed E-state index contributed by atoms with van der Waals surface area (Å²) in [6.45, 7) is 0. The fourth-order valence-electron chi connectivity index (χ4n) is 2.25. The van der Waals surface area contributed by atoms with Gasteiger partial charge in [-0.1, -0.05) is 5.16 Å². The van der Waals surface area contributed by atoms with Gasteiger partial charge in [-0.15, -0.1) is 0 Å². The second kappa shape index (κ2) is 5.83. The van der Waals surface area contributed by atoms with E-state index >= 15 is 0 Å². The zero-order chi connectivity index (χ0) is 14.1. The van der Waals surface area contributed by atoms with Gasteiger partial charge in [0.05, 0.1) is 5.92 Å². The molecule has 1 aliphatic heterocycles. The number of nitrogens with one attached hydrogen (secondary N) is 1. The van der Waals surface area contributed by atoms with E-state index in [1.165, 1.54) is 12.1 Å². The lowest BCUT2D eigenvalue weighted by Crippen LogP contribution is -2.31. The van der Waals surface area contributed by atoms with Gasteiger partial charge in [0.25, 0.3) is 0 Å². The van der Waals surface area contributed by atoms with Crippen LogP contribution < -0.4 is 5.32 Å². The Morgan fingerprint density at radius 2 is 2.30 bits per heavy atom. The SMILES string of the molecule is CNC1CSCC1c1nc(-c2ccc(F)cc2Br)no1. The van der Waals surface area contributed by atoms with E-state index in [0.29, 0.717) is 22.2 Å². The highest BCUT2D eigenvalue weighted by Crippen LogP contribution is 2.34. The molecule has 0 spiro atoms. The molecule has 0 amide bonds. The van der Waals surface area contributed by atoms with E-state index in [-0.39, 0.29) is 11.7 Å². The van der Waals surface area contributed by atoms with Crippen molar-refractivity contribution >= 4 is 27.7 Å². The number of hydrogen-bond acceptors (Lipinski definition) is 5. The standard InChI is InChI=1S/C13H13BrFN3OS/c1-16-11-6-20-5-9(11)13-17-12(18-19-13)8-3-2-7(15)4-10(8)14/h2-4,9,11,16H,5-6H2,1H3. The molecule has 1 fully saturated rings. The summed E-state index contributed by atoms with van der Waals surface area (Å²) in [4.78, 5) is 4.47. The van der Waals surface area contributed by atoms with Gasteiger partial charge >= 0.3 is 0 Å². The Balaban J connectivity index is 1.90. The maximum Gasteiger partial charge on any atom is 0.232 e. The van der Waals surface area contributed by atoms with Gasteiger partial charge in [-0.2, -0.15) is 16.7 Å². The van der Waals surface area contributed by atoms with Crippen molar-refractivity contribution in [2.45, 2.75) is 12.0 Å². The van der Waals surface area contributed by atoms with Gasteiger partial charge in [0, 0.05) is 27.6 Å². The fourth-order valence-corrected chi connectivity index (χ4v) is 4.19. The maximum absolute atomic E-state index is 13.1. The fraction of sp³-hybridized carbons (Fsp3) is 0.385. The zero-order valence-electron chi connectivity index (χ0n) is 10.8. The van der Waals surface area contributed by atoms with E-state index in [0.717, 1.165) is 17.1 Å². The minimum atomic E-state index is -0.299. The van der Waals surface area contributed by atoms with Crippen molar-refractivity contribution in [1.29, 1.82) is 0 Å². The van der Waals surface area contributed by atoms with Gasteiger partial charge in [0.2, 0.25) is 11.7 Å². The van der Waals surface area contributed by atoms with E-state index in [1.54, 1.807) is 6.07 Å². The van der Waals surface area contributed by atoms with Crippen molar-refractivity contribution in [2.24, 2.45) is 0 Å². The molecule has 4 nitrogen and oxygen atoms in total. The summed E-state index contributed by atoms with van der Waals surface area (Å²) in [5.74, 6) is 3.06. The molecular weight excluding hydrogens is 345 g/mol. The second-order valence-electron chi connectivity index (χ2n) is 4.62. The van der Waals surface area contributed by atoms with Crippen LogP contribution in [0.1, 0.15) is 11.8 Å². The normalized spacial score (nSPS) is 22.4. The van der Waals surface area contributed by atoms with Gasteiger partial charge in [-0.25, -0.2) is 4.39 Å². The summed E-state index contributed by atoms with van der Waals surface area (Å²) in [7, 11) is 1.94. The number of halogens is 2. The first-order chi connectivity index (χ1) is 9.69. The molecule has 20 heavy (non-hydrogen) atoms. The average Bonchev–Trinajstić information content (AvgIpc) is 3.06. The molecule has 2 unspecified atom stereocenters. The molecule has 0 saturated carbocycles. The monoisotopic (exact) mass is 357 g/mol. The summed E-state index contributed by atoms with van der Waals surface area (Å²) < 4.78 is 19.1. The summed E-state index contributed by atoms with van der Waals surface area (Å²) in [6, 6.07) is 4.78. The second-order valence-corrected chi connectivity index (χ2v) is 6.55. The van der Waals surface area contributed by atoms with Crippen LogP contribution >= 0.6 is 27.7 Å². The smallest absolute Gasteiger partial charge is 0.232 e. The van der Waals surface area contributed by atoms with Crippen molar-refractivity contribution in [1.82, 2.24) is 15.5 Å². The van der Waals surface area contributed by atoms with E-state index in [1.807, 2.05) is 18.8 Å². The molecule has 2 atom stereocenters. The van der Waals surface area contributed by atoms with Crippen LogP contribution in [-0.2, 0) is 0 Å². The molecule has 0 aliphatic carbocycles. The lowest BCUT2D eigenvalue weighted by atomic mass is 10.0. The molecule has 0 bridgehead atoms. The van der Waals surface area contributed by atoms with Gasteiger partial charge in [0.1, 0.15) is 5.82 Å². The summed E-state index contributed by atoms with van der Waals surface area (Å²) in [5, 5.41) is 7.29. The van der Waals surface area contributed by atoms with Crippen LogP contribution in [0.25, 0.3) is 11.4 Å². The lowest BCUT2D eigenvalue weighted by Gasteiger charge is -2.13. The Bertz CT molecular complexity index is 621. The maximum atomic E-state index is 13.1. The first kappa shape index (κ1) is 14.0. The van der Waals surface area contributed by atoms with Gasteiger partial charge < -0.3 is 9.84 Å². The summed E-state index contributed by atoms with van der Waals surface area (Å²) in [5.41, 5.74) is 0.730. The lowest BCUT2D eigenvalue weighted by molar-refractivity contribution is 0.344. The molecule has 1 aromatic carbocycles. The van der Waals surface area contributed by atoms with Crippen molar-refractivity contribution in [3.63, 3.8) is 0 Å². The van der Waals surface area contributed by atoms with Crippen molar-refractivity contribution < 1.29 is 8.91 Å². The Hall–Kier alpha value is -0.920. The third-order valence-corrected chi connectivity index (χ3v) is 5.23. The highest BCUT2D eigenvalue weighted by atomic mass is 79.9. The molecular formula is C13H13BrFN3OS. The highest BCUT2D eigenvalue weighted by Gasteiger charge is 2.32. The molecule has 0 radical (unpaired) electrons. The average molecular weight is 358 g/mol. The molecule has 106 valence electrons. The van der Waals surface area contributed by atoms with E-state index < -0.39 is 0 Å². The molecule has 3 rings (SSSR count). The topological polar surface area (TPSA) is 51.0 Å². The molecule has 1 saturated heterocycles. The Morgan fingerprint density at radius 1 is 1.45 bits per heavy atom. The number of rotatable bonds is 3. The van der Waals surface area contributed by atoms with Crippen LogP contribution in [0.2, 0.25) is 0 Å². The quantitative estimate of drug-likeness (QED) is 0.914. The first-order valence-electron chi connectivity index (χ1n) is 6.23. The van der Waals surface area contributed by atoms with Crippen LogP contribution in [0, 0.1) is 5.82 Å². The van der Waals surface area contributed by atoms with Crippen LogP contribution in [0.15, 0.2) is 27.2 Å². The van der Waals surface area contributed by atoms with E-state index in [2.05, 4.69) is 31.4 Å². The molecule has 2 heterocycles. The van der Waals surface area contributed by atoms with Crippen molar-refractivity contribution in [2.75, 3.05) is 18.6 Å². The number of benzene rings is 1. The van der Waals surface area contributed by atoms with Crippen molar-refractivity contribution in [3.8, 4) is 11.4 Å². The minimum Gasteiger partial charge on any atom is -0.339 e. The van der Waals surface area contributed by atoms with Gasteiger partial charge in [0.15, 0.2) is 0 Å². The largest absolute Gasteiger partial charge is 0.339 e. The van der Waals surface area contributed by atoms with Crippen LogP contribution in [0.4, 0.5) is 4.39 Å². The number of thioether (sulfide) groups is 1. The summed E-state index contributed by atoms with van der Waals surface area (Å²) in [6.07, 6.45) is 0. The van der Waals surface area contributed by atoms with Gasteiger partial charge in [-0.3, -0.25) is 0 Å².